The summed E-state index contributed by atoms with van der Waals surface area (Å²) in [6, 6.07) is 0.583. The highest BCUT2D eigenvalue weighted by molar-refractivity contribution is 6.30. The highest BCUT2D eigenvalue weighted by atomic mass is 35.5. The molecule has 1 rings (SSSR count). The van der Waals surface area contributed by atoms with Crippen LogP contribution in [0.4, 0.5) is 13.2 Å². The molecule has 0 amide bonds. The van der Waals surface area contributed by atoms with Crippen LogP contribution in [0.5, 0.6) is 0 Å². The Labute approximate surface area is 110 Å². The van der Waals surface area contributed by atoms with E-state index >= 15 is 0 Å². The molecule has 0 fully saturated rings. The van der Waals surface area contributed by atoms with Crippen molar-refractivity contribution in [3.8, 4) is 0 Å². The topological polar surface area (TPSA) is 102 Å². The number of hydrogen-bond acceptors (Lipinski definition) is 4. The molecule has 0 saturated carbocycles. The standard InChI is InChI=1S/C9H8ClF3N4O2/c10-8-5(9(11,12)13)1-4(2-15-8)7(19)6(18)3-16-17-14/h1-2,6-7,18-19H,3H2. The van der Waals surface area contributed by atoms with E-state index in [9.17, 15) is 23.4 Å². The smallest absolute Gasteiger partial charge is 0.390 e. The lowest BCUT2D eigenvalue weighted by atomic mass is 10.0. The first kappa shape index (κ1) is 15.5. The normalized spacial score (nSPS) is 14.6. The molecule has 0 aliphatic rings. The van der Waals surface area contributed by atoms with Crippen molar-refractivity contribution in [2.75, 3.05) is 6.54 Å². The Morgan fingerprint density at radius 1 is 1.47 bits per heavy atom. The second-order valence-corrected chi connectivity index (χ2v) is 3.89. The Kier molecular flexibility index (Phi) is 4.96. The first-order chi connectivity index (χ1) is 8.77. The molecule has 0 aromatic carbocycles. The predicted octanol–water partition coefficient (Wildman–Crippen LogP) is 2.46. The molecule has 2 atom stereocenters. The van der Waals surface area contributed by atoms with Crippen LogP contribution < -0.4 is 0 Å². The molecule has 104 valence electrons. The van der Waals surface area contributed by atoms with Crippen LogP contribution in [0.15, 0.2) is 17.4 Å². The Morgan fingerprint density at radius 2 is 2.11 bits per heavy atom. The molecule has 1 aromatic heterocycles. The molecule has 2 unspecified atom stereocenters. The van der Waals surface area contributed by atoms with Crippen molar-refractivity contribution >= 4 is 11.6 Å². The van der Waals surface area contributed by atoms with E-state index < -0.39 is 35.6 Å². The van der Waals surface area contributed by atoms with Crippen molar-refractivity contribution in [3.63, 3.8) is 0 Å². The second-order valence-electron chi connectivity index (χ2n) is 3.53. The van der Waals surface area contributed by atoms with E-state index in [-0.39, 0.29) is 5.56 Å². The number of nitrogens with zero attached hydrogens (tertiary/aromatic N) is 4. The van der Waals surface area contributed by atoms with Crippen LogP contribution in [0.2, 0.25) is 5.15 Å². The Balaban J connectivity index is 3.05. The first-order valence-corrected chi connectivity index (χ1v) is 5.24. The molecule has 0 aliphatic carbocycles. The fraction of sp³-hybridized carbons (Fsp3) is 0.444. The molecular weight excluding hydrogens is 289 g/mol. The number of azide groups is 1. The monoisotopic (exact) mass is 296 g/mol. The molecule has 6 nitrogen and oxygen atoms in total. The molecule has 10 heteroatoms. The number of pyridine rings is 1. The van der Waals surface area contributed by atoms with Crippen molar-refractivity contribution < 1.29 is 23.4 Å². The SMILES string of the molecule is [N-]=[N+]=NCC(O)C(O)c1cnc(Cl)c(C(F)(F)F)c1. The van der Waals surface area contributed by atoms with Gasteiger partial charge in [0.1, 0.15) is 11.3 Å². The van der Waals surface area contributed by atoms with Gasteiger partial charge in [-0.2, -0.15) is 13.2 Å². The summed E-state index contributed by atoms with van der Waals surface area (Å²) < 4.78 is 37.7. The number of alkyl halides is 3. The minimum atomic E-state index is -4.73. The summed E-state index contributed by atoms with van der Waals surface area (Å²) in [5.74, 6) is 0. The molecule has 0 spiro atoms. The van der Waals surface area contributed by atoms with E-state index in [2.05, 4.69) is 15.0 Å². The van der Waals surface area contributed by atoms with E-state index in [1.54, 1.807) is 0 Å². The van der Waals surface area contributed by atoms with Gasteiger partial charge in [0.05, 0.1) is 18.2 Å². The molecule has 0 radical (unpaired) electrons. The summed E-state index contributed by atoms with van der Waals surface area (Å²) in [5, 5.41) is 21.3. The Bertz CT molecular complexity index is 505. The van der Waals surface area contributed by atoms with Gasteiger partial charge in [-0.3, -0.25) is 0 Å². The van der Waals surface area contributed by atoms with Gasteiger partial charge in [0.2, 0.25) is 0 Å². The predicted molar refractivity (Wildman–Crippen MR) is 59.2 cm³/mol. The Hall–Kier alpha value is -1.54. The maximum absolute atomic E-state index is 12.6. The number of aliphatic hydroxyl groups excluding tert-OH is 2. The van der Waals surface area contributed by atoms with E-state index in [1.165, 1.54) is 0 Å². The molecule has 2 N–H and O–H groups in total. The number of hydrogen-bond donors (Lipinski definition) is 2. The van der Waals surface area contributed by atoms with Gasteiger partial charge in [-0.25, -0.2) is 4.98 Å². The Morgan fingerprint density at radius 3 is 2.63 bits per heavy atom. The number of aromatic nitrogens is 1. The summed E-state index contributed by atoms with van der Waals surface area (Å²) in [7, 11) is 0. The molecular formula is C9H8ClF3N4O2. The number of halogens is 4. The van der Waals surface area contributed by atoms with Gasteiger partial charge < -0.3 is 10.2 Å². The van der Waals surface area contributed by atoms with Crippen LogP contribution in [0.1, 0.15) is 17.2 Å². The number of aliphatic hydroxyl groups is 2. The van der Waals surface area contributed by atoms with E-state index in [1.807, 2.05) is 0 Å². The second kappa shape index (κ2) is 6.07. The van der Waals surface area contributed by atoms with Gasteiger partial charge in [0.25, 0.3) is 0 Å². The lowest BCUT2D eigenvalue weighted by Gasteiger charge is -2.17. The highest BCUT2D eigenvalue weighted by Crippen LogP contribution is 2.35. The van der Waals surface area contributed by atoms with Crippen LogP contribution in [-0.4, -0.2) is 27.8 Å². The summed E-state index contributed by atoms with van der Waals surface area (Å²) in [6.45, 7) is -0.484. The van der Waals surface area contributed by atoms with Crippen LogP contribution in [0.25, 0.3) is 10.4 Å². The van der Waals surface area contributed by atoms with Crippen LogP contribution in [0.3, 0.4) is 0 Å². The van der Waals surface area contributed by atoms with Crippen molar-refractivity contribution in [3.05, 3.63) is 39.0 Å². The van der Waals surface area contributed by atoms with E-state index in [4.69, 9.17) is 17.1 Å². The summed E-state index contributed by atoms with van der Waals surface area (Å²) >= 11 is 5.31. The lowest BCUT2D eigenvalue weighted by molar-refractivity contribution is -0.137. The van der Waals surface area contributed by atoms with E-state index in [0.717, 1.165) is 6.20 Å². The lowest BCUT2D eigenvalue weighted by Crippen LogP contribution is -2.22. The molecule has 19 heavy (non-hydrogen) atoms. The van der Waals surface area contributed by atoms with Gasteiger partial charge in [0, 0.05) is 16.7 Å². The average Bonchev–Trinajstić information content (AvgIpc) is 2.34. The van der Waals surface area contributed by atoms with Gasteiger partial charge in [-0.15, -0.1) is 0 Å². The van der Waals surface area contributed by atoms with Crippen LogP contribution in [0, 0.1) is 0 Å². The van der Waals surface area contributed by atoms with Crippen molar-refractivity contribution in [2.24, 2.45) is 5.11 Å². The molecule has 0 aliphatic heterocycles. The minimum Gasteiger partial charge on any atom is -0.390 e. The number of rotatable bonds is 4. The van der Waals surface area contributed by atoms with Gasteiger partial charge in [0.15, 0.2) is 0 Å². The zero-order chi connectivity index (χ0) is 14.6. The van der Waals surface area contributed by atoms with Gasteiger partial charge in [-0.1, -0.05) is 16.7 Å². The minimum absolute atomic E-state index is 0.280. The van der Waals surface area contributed by atoms with Gasteiger partial charge >= 0.3 is 6.18 Å². The summed E-state index contributed by atoms with van der Waals surface area (Å²) in [5.41, 5.74) is 6.54. The zero-order valence-corrected chi connectivity index (χ0v) is 9.97. The average molecular weight is 297 g/mol. The van der Waals surface area contributed by atoms with Crippen molar-refractivity contribution in [2.45, 2.75) is 18.4 Å². The maximum atomic E-state index is 12.6. The maximum Gasteiger partial charge on any atom is 0.419 e. The van der Waals surface area contributed by atoms with Crippen LogP contribution in [-0.2, 0) is 6.18 Å². The largest absolute Gasteiger partial charge is 0.419 e. The van der Waals surface area contributed by atoms with Crippen molar-refractivity contribution in [1.29, 1.82) is 0 Å². The quantitative estimate of drug-likeness (QED) is 0.386. The molecule has 1 aromatic rings. The highest BCUT2D eigenvalue weighted by Gasteiger charge is 2.35. The molecule has 0 bridgehead atoms. The fourth-order valence-electron chi connectivity index (χ4n) is 1.27. The van der Waals surface area contributed by atoms with Crippen LogP contribution >= 0.6 is 11.6 Å². The zero-order valence-electron chi connectivity index (χ0n) is 9.21. The molecule has 0 saturated heterocycles. The fourth-order valence-corrected chi connectivity index (χ4v) is 1.48. The van der Waals surface area contributed by atoms with Gasteiger partial charge in [-0.05, 0) is 11.6 Å². The third-order valence-corrected chi connectivity index (χ3v) is 2.50. The van der Waals surface area contributed by atoms with E-state index in [0.29, 0.717) is 6.07 Å². The first-order valence-electron chi connectivity index (χ1n) is 4.87. The van der Waals surface area contributed by atoms with Crippen molar-refractivity contribution in [1.82, 2.24) is 4.98 Å². The summed E-state index contributed by atoms with van der Waals surface area (Å²) in [6.07, 6.45) is -7.03. The third-order valence-electron chi connectivity index (χ3n) is 2.20. The molecule has 1 heterocycles. The summed E-state index contributed by atoms with van der Waals surface area (Å²) in [4.78, 5) is 5.66. The third kappa shape index (κ3) is 3.97.